The van der Waals surface area contributed by atoms with Gasteiger partial charge in [-0.25, -0.2) is 14.8 Å². The Morgan fingerprint density at radius 3 is 2.72 bits per heavy atom. The van der Waals surface area contributed by atoms with E-state index in [0.717, 1.165) is 30.2 Å². The van der Waals surface area contributed by atoms with Crippen LogP contribution < -0.4 is 15.5 Å². The lowest BCUT2D eigenvalue weighted by Gasteiger charge is -2.39. The summed E-state index contributed by atoms with van der Waals surface area (Å²) in [4.78, 5) is 39.4. The third kappa shape index (κ3) is 5.60. The van der Waals surface area contributed by atoms with Crippen LogP contribution in [0.4, 0.5) is 5.13 Å². The molecule has 0 unspecified atom stereocenters. The van der Waals surface area contributed by atoms with E-state index in [-0.39, 0.29) is 29.8 Å². The SMILES string of the molecule is CCCN[C@H]1CN(c2nc(C)c(C(=O)OCC)s2)CC[C@H]1NC(=O)c1nc(Cl)c(CC)[nH]1. The molecule has 1 amide bonds. The molecule has 11 heteroatoms. The highest BCUT2D eigenvalue weighted by Crippen LogP contribution is 2.29. The van der Waals surface area contributed by atoms with Crippen molar-refractivity contribution in [2.45, 2.75) is 59.0 Å². The molecule has 2 aromatic rings. The number of halogens is 1. The third-order valence-electron chi connectivity index (χ3n) is 5.40. The lowest BCUT2D eigenvalue weighted by molar-refractivity contribution is 0.0531. The molecular formula is C21H31ClN6O3S. The number of piperidine rings is 1. The van der Waals surface area contributed by atoms with Crippen molar-refractivity contribution in [2.24, 2.45) is 0 Å². The number of nitrogens with one attached hydrogen (secondary N) is 3. The number of hydrogen-bond donors (Lipinski definition) is 3. The summed E-state index contributed by atoms with van der Waals surface area (Å²) in [5, 5.41) is 7.79. The van der Waals surface area contributed by atoms with Crippen molar-refractivity contribution < 1.29 is 14.3 Å². The maximum Gasteiger partial charge on any atom is 0.350 e. The first-order valence-corrected chi connectivity index (χ1v) is 12.2. The Hall–Kier alpha value is -2.17. The van der Waals surface area contributed by atoms with E-state index in [0.29, 0.717) is 41.8 Å². The fourth-order valence-electron chi connectivity index (χ4n) is 3.71. The second-order valence-corrected chi connectivity index (χ2v) is 9.05. The van der Waals surface area contributed by atoms with E-state index in [4.69, 9.17) is 16.3 Å². The van der Waals surface area contributed by atoms with Crippen molar-refractivity contribution in [1.29, 1.82) is 0 Å². The number of ether oxygens (including phenoxy) is 1. The van der Waals surface area contributed by atoms with Crippen molar-refractivity contribution in [3.63, 3.8) is 0 Å². The minimum Gasteiger partial charge on any atom is -0.462 e. The van der Waals surface area contributed by atoms with E-state index in [1.54, 1.807) is 6.92 Å². The molecule has 0 aromatic carbocycles. The normalized spacial score (nSPS) is 18.6. The van der Waals surface area contributed by atoms with E-state index in [2.05, 4.69) is 37.4 Å². The minimum absolute atomic E-state index is 0.0268. The van der Waals surface area contributed by atoms with E-state index in [1.165, 1.54) is 11.3 Å². The van der Waals surface area contributed by atoms with Gasteiger partial charge in [-0.1, -0.05) is 36.8 Å². The summed E-state index contributed by atoms with van der Waals surface area (Å²) in [6.07, 6.45) is 2.39. The Morgan fingerprint density at radius 2 is 2.06 bits per heavy atom. The van der Waals surface area contributed by atoms with Gasteiger partial charge in [0.2, 0.25) is 0 Å². The van der Waals surface area contributed by atoms with Crippen molar-refractivity contribution >= 4 is 39.9 Å². The topological polar surface area (TPSA) is 112 Å². The van der Waals surface area contributed by atoms with Gasteiger partial charge < -0.3 is 25.3 Å². The lowest BCUT2D eigenvalue weighted by Crippen LogP contribution is -2.59. The summed E-state index contributed by atoms with van der Waals surface area (Å²) in [7, 11) is 0. The minimum atomic E-state index is -0.333. The molecule has 2 atom stereocenters. The molecule has 0 spiro atoms. The number of aromatic nitrogens is 3. The number of carbonyl (C=O) groups is 2. The van der Waals surface area contributed by atoms with Gasteiger partial charge in [0.25, 0.3) is 5.91 Å². The molecule has 3 rings (SSSR count). The number of hydrogen-bond acceptors (Lipinski definition) is 8. The molecule has 1 saturated heterocycles. The van der Waals surface area contributed by atoms with E-state index < -0.39 is 0 Å². The number of aryl methyl sites for hydroxylation is 2. The first-order chi connectivity index (χ1) is 15.4. The number of carbonyl (C=O) groups excluding carboxylic acids is 2. The number of thiazole rings is 1. The molecule has 3 N–H and O–H groups in total. The van der Waals surface area contributed by atoms with Gasteiger partial charge in [0, 0.05) is 25.2 Å². The van der Waals surface area contributed by atoms with Crippen molar-refractivity contribution in [3.05, 3.63) is 27.2 Å². The summed E-state index contributed by atoms with van der Waals surface area (Å²) < 4.78 is 5.14. The number of esters is 1. The Kier molecular flexibility index (Phi) is 8.50. The summed E-state index contributed by atoms with van der Waals surface area (Å²) in [5.41, 5.74) is 1.43. The molecule has 0 bridgehead atoms. The molecule has 1 aliphatic rings. The fraction of sp³-hybridized carbons (Fsp3) is 0.619. The van der Waals surface area contributed by atoms with Gasteiger partial charge in [-0.05, 0) is 39.7 Å². The smallest absolute Gasteiger partial charge is 0.350 e. The molecule has 176 valence electrons. The molecule has 3 heterocycles. The molecule has 1 fully saturated rings. The number of nitrogens with zero attached hydrogens (tertiary/aromatic N) is 3. The van der Waals surface area contributed by atoms with Gasteiger partial charge in [-0.15, -0.1) is 0 Å². The lowest BCUT2D eigenvalue weighted by atomic mass is 9.99. The number of rotatable bonds is 9. The van der Waals surface area contributed by atoms with Crippen LogP contribution in [-0.2, 0) is 11.2 Å². The van der Waals surface area contributed by atoms with Gasteiger partial charge in [-0.3, -0.25) is 4.79 Å². The van der Waals surface area contributed by atoms with Gasteiger partial charge >= 0.3 is 5.97 Å². The Morgan fingerprint density at radius 1 is 1.28 bits per heavy atom. The van der Waals surface area contributed by atoms with E-state index in [1.807, 2.05) is 13.8 Å². The van der Waals surface area contributed by atoms with Crippen LogP contribution in [-0.4, -0.2) is 65.2 Å². The standard InChI is InChI=1S/C21H31ClN6O3S/c1-5-9-23-15-11-28(21-24-12(4)16(32-21)20(30)31-7-3)10-8-14(15)26-19(29)18-25-13(6-2)17(22)27-18/h14-15,23H,5-11H2,1-4H3,(H,25,27)(H,26,29)/t14-,15+/m1/s1. The molecule has 0 saturated carbocycles. The summed E-state index contributed by atoms with van der Waals surface area (Å²) in [6.45, 7) is 10.2. The maximum absolute atomic E-state index is 12.8. The Balaban J connectivity index is 1.71. The molecule has 2 aromatic heterocycles. The van der Waals surface area contributed by atoms with Crippen LogP contribution in [0.15, 0.2) is 0 Å². The number of anilines is 1. The van der Waals surface area contributed by atoms with Crippen LogP contribution >= 0.6 is 22.9 Å². The maximum atomic E-state index is 12.8. The summed E-state index contributed by atoms with van der Waals surface area (Å²) in [6, 6.07) is -0.0381. The van der Waals surface area contributed by atoms with Crippen LogP contribution in [0.3, 0.4) is 0 Å². The highest BCUT2D eigenvalue weighted by atomic mass is 35.5. The third-order valence-corrected chi connectivity index (χ3v) is 6.91. The quantitative estimate of drug-likeness (QED) is 0.471. The van der Waals surface area contributed by atoms with Crippen LogP contribution in [0.25, 0.3) is 0 Å². The summed E-state index contributed by atoms with van der Waals surface area (Å²) in [5.74, 6) is -0.360. The van der Waals surface area contributed by atoms with Crippen LogP contribution in [0.1, 0.15) is 65.3 Å². The molecule has 1 aliphatic heterocycles. The number of aromatic amines is 1. The second kappa shape index (κ2) is 11.1. The predicted molar refractivity (Wildman–Crippen MR) is 126 cm³/mol. The van der Waals surface area contributed by atoms with E-state index in [9.17, 15) is 9.59 Å². The number of imidazole rings is 1. The number of amides is 1. The van der Waals surface area contributed by atoms with Gasteiger partial charge in [0.1, 0.15) is 4.88 Å². The van der Waals surface area contributed by atoms with Crippen LogP contribution in [0.2, 0.25) is 5.15 Å². The average Bonchev–Trinajstić information content (AvgIpc) is 3.35. The van der Waals surface area contributed by atoms with Gasteiger partial charge in [0.05, 0.1) is 18.0 Å². The van der Waals surface area contributed by atoms with E-state index >= 15 is 0 Å². The van der Waals surface area contributed by atoms with Crippen molar-refractivity contribution in [3.8, 4) is 0 Å². The number of H-pyrrole nitrogens is 1. The molecule has 0 radical (unpaired) electrons. The zero-order valence-electron chi connectivity index (χ0n) is 19.0. The molecule has 9 nitrogen and oxygen atoms in total. The van der Waals surface area contributed by atoms with Gasteiger partial charge in [-0.2, -0.15) is 0 Å². The predicted octanol–water partition coefficient (Wildman–Crippen LogP) is 2.94. The van der Waals surface area contributed by atoms with Crippen LogP contribution in [0, 0.1) is 6.92 Å². The monoisotopic (exact) mass is 482 g/mol. The van der Waals surface area contributed by atoms with Crippen molar-refractivity contribution in [2.75, 3.05) is 31.1 Å². The first kappa shape index (κ1) is 24.5. The second-order valence-electron chi connectivity index (χ2n) is 7.72. The highest BCUT2D eigenvalue weighted by molar-refractivity contribution is 7.17. The average molecular weight is 483 g/mol. The highest BCUT2D eigenvalue weighted by Gasteiger charge is 2.33. The van der Waals surface area contributed by atoms with Crippen molar-refractivity contribution in [1.82, 2.24) is 25.6 Å². The largest absolute Gasteiger partial charge is 0.462 e. The zero-order chi connectivity index (χ0) is 23.3. The van der Waals surface area contributed by atoms with Gasteiger partial charge in [0.15, 0.2) is 16.1 Å². The molecular weight excluding hydrogens is 452 g/mol. The zero-order valence-corrected chi connectivity index (χ0v) is 20.5. The molecule has 32 heavy (non-hydrogen) atoms. The van der Waals surface area contributed by atoms with Crippen LogP contribution in [0.5, 0.6) is 0 Å². The molecule has 0 aliphatic carbocycles. The Bertz CT molecular complexity index is 946. The Labute approximate surface area is 197 Å². The summed E-state index contributed by atoms with van der Waals surface area (Å²) >= 11 is 7.45. The fourth-order valence-corrected chi connectivity index (χ4v) is 4.97. The first-order valence-electron chi connectivity index (χ1n) is 11.1.